The third kappa shape index (κ3) is 3.59. The van der Waals surface area contributed by atoms with Crippen LogP contribution in [-0.4, -0.2) is 28.3 Å². The van der Waals surface area contributed by atoms with Crippen LogP contribution in [0.15, 0.2) is 36.5 Å². The summed E-state index contributed by atoms with van der Waals surface area (Å²) in [5.41, 5.74) is 9.71. The van der Waals surface area contributed by atoms with Gasteiger partial charge in [-0.1, -0.05) is 18.2 Å². The largest absolute Gasteiger partial charge is 0.347 e. The predicted octanol–water partition coefficient (Wildman–Crippen LogP) is 3.31. The van der Waals surface area contributed by atoms with E-state index in [1.807, 2.05) is 23.9 Å². The standard InChI is InChI=1S/C21H23FN4OS/c1-13-12-24-26-8-4-7-18-16(20(13)26)10-19(28-18)21(27)25-15(11-23)9-14-5-2-3-6-17(14)22/h2-3,5-6,10,12,15H,4,7-9,11,23H2,1H3,(H,25,27). The molecule has 1 aliphatic rings. The van der Waals surface area contributed by atoms with Crippen LogP contribution in [0.1, 0.15) is 32.1 Å². The minimum absolute atomic E-state index is 0.159. The van der Waals surface area contributed by atoms with Gasteiger partial charge in [0.05, 0.1) is 16.8 Å². The third-order valence-electron chi connectivity index (χ3n) is 5.13. The van der Waals surface area contributed by atoms with E-state index < -0.39 is 0 Å². The summed E-state index contributed by atoms with van der Waals surface area (Å²) in [6.45, 7) is 3.19. The minimum atomic E-state index is -0.321. The highest BCUT2D eigenvalue weighted by molar-refractivity contribution is 7.14. The van der Waals surface area contributed by atoms with Gasteiger partial charge in [0.15, 0.2) is 0 Å². The van der Waals surface area contributed by atoms with Crippen LogP contribution in [0.25, 0.3) is 11.3 Å². The molecule has 0 radical (unpaired) electrons. The second-order valence-corrected chi connectivity index (χ2v) is 8.29. The fourth-order valence-corrected chi connectivity index (χ4v) is 4.80. The maximum absolute atomic E-state index is 13.9. The average molecular weight is 399 g/mol. The summed E-state index contributed by atoms with van der Waals surface area (Å²) < 4.78 is 16.0. The van der Waals surface area contributed by atoms with Gasteiger partial charge in [0.1, 0.15) is 5.82 Å². The van der Waals surface area contributed by atoms with Crippen LogP contribution < -0.4 is 11.1 Å². The number of aryl methyl sites for hydroxylation is 3. The second-order valence-electron chi connectivity index (χ2n) is 7.15. The molecule has 5 nitrogen and oxygen atoms in total. The van der Waals surface area contributed by atoms with Crippen molar-refractivity contribution in [2.24, 2.45) is 5.73 Å². The Kier molecular flexibility index (Phi) is 5.28. The highest BCUT2D eigenvalue weighted by atomic mass is 32.1. The Hall–Kier alpha value is -2.51. The molecule has 0 saturated carbocycles. The maximum Gasteiger partial charge on any atom is 0.261 e. The van der Waals surface area contributed by atoms with Crippen molar-refractivity contribution in [1.29, 1.82) is 0 Å². The summed E-state index contributed by atoms with van der Waals surface area (Å²) in [6.07, 6.45) is 4.18. The molecule has 0 spiro atoms. The van der Waals surface area contributed by atoms with Crippen LogP contribution in [0.2, 0.25) is 0 Å². The summed E-state index contributed by atoms with van der Waals surface area (Å²) in [7, 11) is 0. The normalized spacial score (nSPS) is 14.1. The Bertz CT molecular complexity index is 1010. The smallest absolute Gasteiger partial charge is 0.261 e. The van der Waals surface area contributed by atoms with Crippen molar-refractivity contribution in [2.45, 2.75) is 38.8 Å². The molecule has 1 aromatic carbocycles. The van der Waals surface area contributed by atoms with Crippen LogP contribution in [0.3, 0.4) is 0 Å². The predicted molar refractivity (Wildman–Crippen MR) is 109 cm³/mol. The first-order chi connectivity index (χ1) is 13.6. The number of nitrogens with one attached hydrogen (secondary N) is 1. The molecule has 4 rings (SSSR count). The van der Waals surface area contributed by atoms with Gasteiger partial charge in [-0.25, -0.2) is 4.39 Å². The van der Waals surface area contributed by atoms with Gasteiger partial charge >= 0.3 is 0 Å². The number of benzene rings is 1. The number of rotatable bonds is 5. The lowest BCUT2D eigenvalue weighted by Gasteiger charge is -2.16. The molecule has 0 saturated heterocycles. The van der Waals surface area contributed by atoms with Crippen LogP contribution in [0.4, 0.5) is 4.39 Å². The number of hydrogen-bond acceptors (Lipinski definition) is 4. The van der Waals surface area contributed by atoms with Crippen molar-refractivity contribution in [3.8, 4) is 11.3 Å². The molecule has 0 fully saturated rings. The molecule has 7 heteroatoms. The molecule has 1 atom stereocenters. The van der Waals surface area contributed by atoms with E-state index in [1.54, 1.807) is 18.2 Å². The number of nitrogens with zero attached hydrogens (tertiary/aromatic N) is 2. The van der Waals surface area contributed by atoms with Crippen LogP contribution in [0, 0.1) is 12.7 Å². The van der Waals surface area contributed by atoms with Crippen LogP contribution >= 0.6 is 11.3 Å². The van der Waals surface area contributed by atoms with E-state index in [0.29, 0.717) is 16.9 Å². The second kappa shape index (κ2) is 7.85. The molecule has 0 bridgehead atoms. The lowest BCUT2D eigenvalue weighted by molar-refractivity contribution is 0.0942. The summed E-state index contributed by atoms with van der Waals surface area (Å²) in [4.78, 5) is 14.7. The van der Waals surface area contributed by atoms with Crippen molar-refractivity contribution in [3.63, 3.8) is 0 Å². The van der Waals surface area contributed by atoms with Crippen LogP contribution in [-0.2, 0) is 19.4 Å². The van der Waals surface area contributed by atoms with E-state index >= 15 is 0 Å². The van der Waals surface area contributed by atoms with Gasteiger partial charge in [0.2, 0.25) is 0 Å². The Balaban J connectivity index is 1.55. The van der Waals surface area contributed by atoms with Gasteiger partial charge in [-0.3, -0.25) is 9.48 Å². The van der Waals surface area contributed by atoms with Crippen molar-refractivity contribution in [1.82, 2.24) is 15.1 Å². The number of nitrogens with two attached hydrogens (primary N) is 1. The topological polar surface area (TPSA) is 72.9 Å². The fraction of sp³-hybridized carbons (Fsp3) is 0.333. The molecule has 3 aromatic rings. The molecule has 1 unspecified atom stereocenters. The Morgan fingerprint density at radius 2 is 2.25 bits per heavy atom. The number of halogens is 1. The van der Waals surface area contributed by atoms with E-state index in [1.165, 1.54) is 22.3 Å². The number of aromatic nitrogens is 2. The summed E-state index contributed by atoms with van der Waals surface area (Å²) in [5.74, 6) is -0.435. The van der Waals surface area contributed by atoms with Gasteiger partial charge in [0.25, 0.3) is 5.91 Å². The molecule has 0 aliphatic carbocycles. The number of thiophene rings is 1. The first kappa shape index (κ1) is 18.8. The van der Waals surface area contributed by atoms with E-state index in [-0.39, 0.29) is 24.3 Å². The van der Waals surface area contributed by atoms with Crippen molar-refractivity contribution >= 4 is 17.2 Å². The maximum atomic E-state index is 13.9. The molecule has 146 valence electrons. The highest BCUT2D eigenvalue weighted by Crippen LogP contribution is 2.36. The zero-order valence-corrected chi connectivity index (χ0v) is 16.6. The van der Waals surface area contributed by atoms with Gasteiger partial charge in [-0.15, -0.1) is 11.3 Å². The van der Waals surface area contributed by atoms with Gasteiger partial charge in [-0.2, -0.15) is 5.10 Å². The SMILES string of the molecule is Cc1cnn2c1-c1cc(C(=O)NC(CN)Cc3ccccc3F)sc1CCC2. The molecular formula is C21H23FN4OS. The minimum Gasteiger partial charge on any atom is -0.347 e. The van der Waals surface area contributed by atoms with Crippen LogP contribution in [0.5, 0.6) is 0 Å². The molecule has 28 heavy (non-hydrogen) atoms. The summed E-state index contributed by atoms with van der Waals surface area (Å²) in [6, 6.07) is 8.22. The van der Waals surface area contributed by atoms with Crippen molar-refractivity contribution in [3.05, 3.63) is 63.2 Å². The summed E-state index contributed by atoms with van der Waals surface area (Å²) in [5, 5.41) is 7.43. The molecule has 2 aromatic heterocycles. The molecule has 3 N–H and O–H groups in total. The first-order valence-electron chi connectivity index (χ1n) is 9.46. The molecule has 3 heterocycles. The molecule has 1 amide bonds. The number of fused-ring (bicyclic) bond motifs is 3. The van der Waals surface area contributed by atoms with Gasteiger partial charge in [0, 0.05) is 29.6 Å². The first-order valence-corrected chi connectivity index (χ1v) is 10.3. The lowest BCUT2D eigenvalue weighted by atomic mass is 10.1. The number of carbonyl (C=O) groups excluding carboxylic acids is 1. The van der Waals surface area contributed by atoms with Gasteiger partial charge < -0.3 is 11.1 Å². The average Bonchev–Trinajstić information content (AvgIpc) is 3.22. The van der Waals surface area contributed by atoms with E-state index in [4.69, 9.17) is 5.73 Å². The Morgan fingerprint density at radius 1 is 1.43 bits per heavy atom. The zero-order chi connectivity index (χ0) is 19.7. The summed E-state index contributed by atoms with van der Waals surface area (Å²) >= 11 is 1.53. The fourth-order valence-electron chi connectivity index (χ4n) is 3.70. The number of carbonyl (C=O) groups is 1. The Morgan fingerprint density at radius 3 is 3.04 bits per heavy atom. The third-order valence-corrected chi connectivity index (χ3v) is 6.32. The van der Waals surface area contributed by atoms with E-state index in [2.05, 4.69) is 10.4 Å². The lowest BCUT2D eigenvalue weighted by Crippen LogP contribution is -2.41. The molecular weight excluding hydrogens is 375 g/mol. The Labute approximate surface area is 167 Å². The van der Waals surface area contributed by atoms with Gasteiger partial charge in [-0.05, 0) is 49.4 Å². The van der Waals surface area contributed by atoms with E-state index in [9.17, 15) is 9.18 Å². The van der Waals surface area contributed by atoms with Crippen molar-refractivity contribution < 1.29 is 9.18 Å². The highest BCUT2D eigenvalue weighted by Gasteiger charge is 2.23. The molecule has 1 aliphatic heterocycles. The van der Waals surface area contributed by atoms with E-state index in [0.717, 1.165) is 36.2 Å². The monoisotopic (exact) mass is 398 g/mol. The number of hydrogen-bond donors (Lipinski definition) is 2. The zero-order valence-electron chi connectivity index (χ0n) is 15.7. The quantitative estimate of drug-likeness (QED) is 0.693. The number of amides is 1. The van der Waals surface area contributed by atoms with Crippen molar-refractivity contribution in [2.75, 3.05) is 6.54 Å².